The van der Waals surface area contributed by atoms with Gasteiger partial charge in [-0.25, -0.2) is 9.37 Å². The van der Waals surface area contributed by atoms with Crippen molar-refractivity contribution >= 4 is 22.6 Å². The third kappa shape index (κ3) is 3.32. The molecule has 1 unspecified atom stereocenters. The lowest BCUT2D eigenvalue weighted by atomic mass is 10.1. The summed E-state index contributed by atoms with van der Waals surface area (Å²) in [6.45, 7) is 7.64. The first-order valence-corrected chi connectivity index (χ1v) is 8.63. The highest BCUT2D eigenvalue weighted by molar-refractivity contribution is 5.95. The van der Waals surface area contributed by atoms with Crippen molar-refractivity contribution in [2.24, 2.45) is 5.73 Å². The zero-order valence-electron chi connectivity index (χ0n) is 15.4. The highest BCUT2D eigenvalue weighted by atomic mass is 19.1. The number of hydrogen-bond donors (Lipinski definition) is 2. The van der Waals surface area contributed by atoms with Crippen LogP contribution in [0.25, 0.3) is 22.4 Å². The van der Waals surface area contributed by atoms with E-state index >= 15 is 0 Å². The predicted octanol–water partition coefficient (Wildman–Crippen LogP) is 4.02. The Morgan fingerprint density at radius 1 is 1.19 bits per heavy atom. The fourth-order valence-corrected chi connectivity index (χ4v) is 2.98. The molecule has 0 saturated heterocycles. The number of nitrogens with one attached hydrogen (secondary N) is 1. The number of anilines is 1. The zero-order valence-corrected chi connectivity index (χ0v) is 15.4. The Bertz CT molecular complexity index is 975. The zero-order chi connectivity index (χ0) is 19.0. The topological polar surface area (TPSA) is 72.9 Å². The van der Waals surface area contributed by atoms with Crippen molar-refractivity contribution in [3.8, 4) is 11.4 Å². The molecule has 136 valence electrons. The van der Waals surface area contributed by atoms with Crippen LogP contribution < -0.4 is 11.1 Å². The second kappa shape index (κ2) is 6.88. The molecule has 6 heteroatoms. The summed E-state index contributed by atoms with van der Waals surface area (Å²) in [4.78, 5) is 16.5. The number of benzene rings is 2. The summed E-state index contributed by atoms with van der Waals surface area (Å²) in [5.74, 6) is 0.260. The Kier molecular flexibility index (Phi) is 4.78. The number of amides is 1. The SMILES string of the molecule is Cc1cc(-c2nc3ccc(F)cc3n2C(C)C)ccc1NC(=O)C(C)N. The van der Waals surface area contributed by atoms with Crippen LogP contribution in [-0.4, -0.2) is 21.5 Å². The molecule has 0 fully saturated rings. The van der Waals surface area contributed by atoms with Gasteiger partial charge in [0.2, 0.25) is 5.91 Å². The van der Waals surface area contributed by atoms with Gasteiger partial charge in [0.15, 0.2) is 0 Å². The third-order valence-electron chi connectivity index (χ3n) is 4.32. The number of rotatable bonds is 4. The molecular weight excluding hydrogens is 331 g/mol. The number of aryl methyl sites for hydroxylation is 1. The van der Waals surface area contributed by atoms with Gasteiger partial charge >= 0.3 is 0 Å². The molecule has 1 amide bonds. The van der Waals surface area contributed by atoms with Crippen LogP contribution in [0.3, 0.4) is 0 Å². The van der Waals surface area contributed by atoms with E-state index in [9.17, 15) is 9.18 Å². The predicted molar refractivity (Wildman–Crippen MR) is 103 cm³/mol. The van der Waals surface area contributed by atoms with Crippen LogP contribution in [0.4, 0.5) is 10.1 Å². The highest BCUT2D eigenvalue weighted by Crippen LogP contribution is 2.31. The molecule has 0 aliphatic rings. The molecule has 0 bridgehead atoms. The van der Waals surface area contributed by atoms with E-state index in [1.54, 1.807) is 13.0 Å². The minimum atomic E-state index is -0.575. The molecule has 3 aromatic rings. The summed E-state index contributed by atoms with van der Waals surface area (Å²) in [6.07, 6.45) is 0. The minimum absolute atomic E-state index is 0.120. The fourth-order valence-electron chi connectivity index (χ4n) is 2.98. The number of hydrogen-bond acceptors (Lipinski definition) is 3. The lowest BCUT2D eigenvalue weighted by Gasteiger charge is -2.15. The van der Waals surface area contributed by atoms with Crippen LogP contribution in [-0.2, 0) is 4.79 Å². The number of imidazole rings is 1. The summed E-state index contributed by atoms with van der Waals surface area (Å²) in [5, 5.41) is 2.82. The Hall–Kier alpha value is -2.73. The third-order valence-corrected chi connectivity index (χ3v) is 4.32. The molecule has 0 aliphatic heterocycles. The van der Waals surface area contributed by atoms with Crippen molar-refractivity contribution in [1.29, 1.82) is 0 Å². The number of carbonyl (C=O) groups excluding carboxylic acids is 1. The van der Waals surface area contributed by atoms with Gasteiger partial charge in [0.1, 0.15) is 11.6 Å². The minimum Gasteiger partial charge on any atom is -0.325 e. The van der Waals surface area contributed by atoms with Gasteiger partial charge in [0.25, 0.3) is 0 Å². The molecule has 26 heavy (non-hydrogen) atoms. The van der Waals surface area contributed by atoms with Gasteiger partial charge in [-0.2, -0.15) is 0 Å². The first-order valence-electron chi connectivity index (χ1n) is 8.63. The van der Waals surface area contributed by atoms with E-state index in [-0.39, 0.29) is 17.8 Å². The number of aromatic nitrogens is 2. The van der Waals surface area contributed by atoms with Crippen molar-refractivity contribution in [1.82, 2.24) is 9.55 Å². The smallest absolute Gasteiger partial charge is 0.241 e. The van der Waals surface area contributed by atoms with Crippen LogP contribution >= 0.6 is 0 Å². The largest absolute Gasteiger partial charge is 0.325 e. The Labute approximate surface area is 152 Å². The Balaban J connectivity index is 2.08. The summed E-state index contributed by atoms with van der Waals surface area (Å²) in [7, 11) is 0. The number of fused-ring (bicyclic) bond motifs is 1. The molecule has 0 saturated carbocycles. The molecule has 1 aromatic heterocycles. The second-order valence-electron chi connectivity index (χ2n) is 6.84. The molecule has 2 aromatic carbocycles. The van der Waals surface area contributed by atoms with E-state index in [2.05, 4.69) is 5.32 Å². The molecule has 1 atom stereocenters. The lowest BCUT2D eigenvalue weighted by Crippen LogP contribution is -2.32. The standard InChI is InChI=1S/C20H23FN4O/c1-11(2)25-18-10-15(21)6-8-17(18)23-19(25)14-5-7-16(12(3)9-14)24-20(26)13(4)22/h5-11,13H,22H2,1-4H3,(H,24,26). The van der Waals surface area contributed by atoms with Gasteiger partial charge < -0.3 is 15.6 Å². The van der Waals surface area contributed by atoms with Gasteiger partial charge in [0, 0.05) is 17.3 Å². The van der Waals surface area contributed by atoms with Crippen molar-refractivity contribution < 1.29 is 9.18 Å². The normalized spacial score (nSPS) is 12.6. The summed E-state index contributed by atoms with van der Waals surface area (Å²) in [6, 6.07) is 9.88. The Morgan fingerprint density at radius 2 is 1.92 bits per heavy atom. The van der Waals surface area contributed by atoms with E-state index in [0.29, 0.717) is 5.69 Å². The Morgan fingerprint density at radius 3 is 2.54 bits per heavy atom. The summed E-state index contributed by atoms with van der Waals surface area (Å²) >= 11 is 0. The van der Waals surface area contributed by atoms with Gasteiger partial charge in [0.05, 0.1) is 17.1 Å². The van der Waals surface area contributed by atoms with Crippen LogP contribution in [0.2, 0.25) is 0 Å². The molecule has 3 N–H and O–H groups in total. The van der Waals surface area contributed by atoms with Crippen LogP contribution in [0, 0.1) is 12.7 Å². The monoisotopic (exact) mass is 354 g/mol. The maximum atomic E-state index is 13.7. The first-order chi connectivity index (χ1) is 12.3. The van der Waals surface area contributed by atoms with E-state index in [1.807, 2.05) is 43.5 Å². The van der Waals surface area contributed by atoms with Crippen molar-refractivity contribution in [2.75, 3.05) is 5.32 Å². The first kappa shape index (κ1) is 18.1. The molecular formula is C20H23FN4O. The van der Waals surface area contributed by atoms with Gasteiger partial charge in [-0.05, 0) is 69.7 Å². The second-order valence-corrected chi connectivity index (χ2v) is 6.84. The van der Waals surface area contributed by atoms with Crippen LogP contribution in [0.15, 0.2) is 36.4 Å². The van der Waals surface area contributed by atoms with Crippen LogP contribution in [0.5, 0.6) is 0 Å². The fraction of sp³-hybridized carbons (Fsp3) is 0.300. The molecule has 0 spiro atoms. The molecule has 3 rings (SSSR count). The van der Waals surface area contributed by atoms with Crippen LogP contribution in [0.1, 0.15) is 32.4 Å². The lowest BCUT2D eigenvalue weighted by molar-refractivity contribution is -0.117. The number of halogens is 1. The number of nitrogens with two attached hydrogens (primary N) is 1. The van der Waals surface area contributed by atoms with E-state index in [4.69, 9.17) is 10.7 Å². The van der Waals surface area contributed by atoms with E-state index in [1.165, 1.54) is 12.1 Å². The molecule has 0 radical (unpaired) electrons. The summed E-state index contributed by atoms with van der Waals surface area (Å²) in [5.41, 5.74) is 9.66. The number of carbonyl (C=O) groups is 1. The van der Waals surface area contributed by atoms with Crippen molar-refractivity contribution in [2.45, 2.75) is 39.8 Å². The van der Waals surface area contributed by atoms with Gasteiger partial charge in [-0.1, -0.05) is 0 Å². The van der Waals surface area contributed by atoms with E-state index < -0.39 is 6.04 Å². The quantitative estimate of drug-likeness (QED) is 0.743. The average molecular weight is 354 g/mol. The van der Waals surface area contributed by atoms with E-state index in [0.717, 1.165) is 28.0 Å². The average Bonchev–Trinajstić information content (AvgIpc) is 2.95. The molecule has 1 heterocycles. The van der Waals surface area contributed by atoms with Gasteiger partial charge in [-0.3, -0.25) is 4.79 Å². The van der Waals surface area contributed by atoms with Crippen molar-refractivity contribution in [3.05, 3.63) is 47.8 Å². The molecule has 5 nitrogen and oxygen atoms in total. The van der Waals surface area contributed by atoms with Crippen molar-refractivity contribution in [3.63, 3.8) is 0 Å². The molecule has 0 aliphatic carbocycles. The maximum Gasteiger partial charge on any atom is 0.241 e. The summed E-state index contributed by atoms with van der Waals surface area (Å²) < 4.78 is 15.7. The maximum absolute atomic E-state index is 13.7. The highest BCUT2D eigenvalue weighted by Gasteiger charge is 2.17. The number of nitrogens with zero attached hydrogens (tertiary/aromatic N) is 2. The van der Waals surface area contributed by atoms with Gasteiger partial charge in [-0.15, -0.1) is 0 Å².